The highest BCUT2D eigenvalue weighted by Gasteiger charge is 2.29. The summed E-state index contributed by atoms with van der Waals surface area (Å²) in [5.74, 6) is 0.661. The normalized spacial score (nSPS) is 15.6. The molecule has 1 aliphatic heterocycles. The minimum absolute atomic E-state index is 0.105. The van der Waals surface area contributed by atoms with Crippen molar-refractivity contribution in [2.75, 3.05) is 26.2 Å². The van der Waals surface area contributed by atoms with E-state index in [-0.39, 0.29) is 5.96 Å². The van der Waals surface area contributed by atoms with Gasteiger partial charge in [0.05, 0.1) is 5.56 Å². The second kappa shape index (κ2) is 8.83. The maximum absolute atomic E-state index is 12.7. The third kappa shape index (κ3) is 5.39. The number of aromatic nitrogens is 1. The second-order valence-electron chi connectivity index (χ2n) is 6.60. The molecule has 0 atom stereocenters. The summed E-state index contributed by atoms with van der Waals surface area (Å²) in [7, 11) is 0. The van der Waals surface area contributed by atoms with Gasteiger partial charge >= 0.3 is 6.18 Å². The second-order valence-corrected chi connectivity index (χ2v) is 7.56. The van der Waals surface area contributed by atoms with Crippen LogP contribution >= 0.6 is 11.8 Å². The van der Waals surface area contributed by atoms with Crippen molar-refractivity contribution in [1.82, 2.24) is 14.8 Å². The van der Waals surface area contributed by atoms with Crippen molar-refractivity contribution in [2.45, 2.75) is 23.5 Å². The molecule has 0 amide bonds. The van der Waals surface area contributed by atoms with E-state index in [0.29, 0.717) is 5.75 Å². The molecule has 1 aromatic heterocycles. The molecule has 0 saturated carbocycles. The third-order valence-corrected chi connectivity index (χ3v) is 5.73. The van der Waals surface area contributed by atoms with Gasteiger partial charge in [-0.2, -0.15) is 13.2 Å². The van der Waals surface area contributed by atoms with Crippen molar-refractivity contribution in [1.29, 1.82) is 5.41 Å². The van der Waals surface area contributed by atoms with E-state index in [4.69, 9.17) is 11.1 Å². The monoisotopic (exact) mass is 409 g/mol. The van der Waals surface area contributed by atoms with Gasteiger partial charge in [-0.1, -0.05) is 18.2 Å². The van der Waals surface area contributed by atoms with Gasteiger partial charge < -0.3 is 10.6 Å². The molecule has 0 aliphatic carbocycles. The summed E-state index contributed by atoms with van der Waals surface area (Å²) in [4.78, 5) is 8.59. The van der Waals surface area contributed by atoms with Crippen LogP contribution in [-0.4, -0.2) is 46.9 Å². The van der Waals surface area contributed by atoms with E-state index in [0.717, 1.165) is 61.0 Å². The van der Waals surface area contributed by atoms with Crippen LogP contribution in [-0.2, 0) is 18.5 Å². The van der Waals surface area contributed by atoms with Gasteiger partial charge in [0, 0.05) is 44.7 Å². The highest BCUT2D eigenvalue weighted by atomic mass is 32.2. The Morgan fingerprint density at radius 3 is 2.39 bits per heavy atom. The predicted octanol–water partition coefficient (Wildman–Crippen LogP) is 3.40. The molecule has 3 N–H and O–H groups in total. The van der Waals surface area contributed by atoms with Crippen LogP contribution < -0.4 is 5.73 Å². The Labute approximate surface area is 166 Å². The highest BCUT2D eigenvalue weighted by molar-refractivity contribution is 7.98. The number of nitrogens with two attached hydrogens (primary N) is 1. The summed E-state index contributed by atoms with van der Waals surface area (Å²) in [6.07, 6.45) is -2.58. The number of nitrogens with zero attached hydrogens (tertiary/aromatic N) is 3. The van der Waals surface area contributed by atoms with Gasteiger partial charge in [-0.05, 0) is 29.3 Å². The first-order valence-electron chi connectivity index (χ1n) is 8.87. The van der Waals surface area contributed by atoms with E-state index in [2.05, 4.69) is 9.88 Å². The van der Waals surface area contributed by atoms with Gasteiger partial charge in [0.15, 0.2) is 5.96 Å². The van der Waals surface area contributed by atoms with Crippen molar-refractivity contribution in [3.63, 3.8) is 0 Å². The lowest BCUT2D eigenvalue weighted by molar-refractivity contribution is -0.137. The summed E-state index contributed by atoms with van der Waals surface area (Å²) in [6, 6.07) is 9.18. The minimum atomic E-state index is -4.31. The molecule has 0 unspecified atom stereocenters. The number of hydrogen-bond acceptors (Lipinski definition) is 4. The standard InChI is InChI=1S/C19H22F3N5S/c20-19(21,22)16-5-3-14(4-6-16)13-28-17-15(2-1-7-25-17)12-26-8-10-27(11-9-26)18(23)24/h1-7H,8-13H2,(H3,23,24). The Balaban J connectivity index is 1.59. The number of halogens is 3. The van der Waals surface area contributed by atoms with Crippen LogP contribution in [0, 0.1) is 5.41 Å². The van der Waals surface area contributed by atoms with Crippen LogP contribution in [0.5, 0.6) is 0 Å². The molecule has 28 heavy (non-hydrogen) atoms. The fourth-order valence-corrected chi connectivity index (χ4v) is 3.95. The molecule has 3 rings (SSSR count). The van der Waals surface area contributed by atoms with Crippen LogP contribution in [0.2, 0.25) is 0 Å². The summed E-state index contributed by atoms with van der Waals surface area (Å²) >= 11 is 1.52. The van der Waals surface area contributed by atoms with Gasteiger partial charge in [0.2, 0.25) is 0 Å². The smallest absolute Gasteiger partial charge is 0.370 e. The van der Waals surface area contributed by atoms with E-state index in [1.54, 1.807) is 6.20 Å². The summed E-state index contributed by atoms with van der Waals surface area (Å²) in [6.45, 7) is 3.83. The zero-order valence-corrected chi connectivity index (χ0v) is 16.1. The predicted molar refractivity (Wildman–Crippen MR) is 104 cm³/mol. The molecule has 1 saturated heterocycles. The van der Waals surface area contributed by atoms with Gasteiger partial charge in [-0.25, -0.2) is 4.98 Å². The van der Waals surface area contributed by atoms with Crippen LogP contribution in [0.15, 0.2) is 47.6 Å². The zero-order chi connectivity index (χ0) is 20.1. The molecule has 1 aromatic carbocycles. The van der Waals surface area contributed by atoms with Crippen LogP contribution in [0.4, 0.5) is 13.2 Å². The number of alkyl halides is 3. The number of rotatable bonds is 5. The largest absolute Gasteiger partial charge is 0.416 e. The lowest BCUT2D eigenvalue weighted by Crippen LogP contribution is -2.50. The topological polar surface area (TPSA) is 69.2 Å². The number of nitrogens with one attached hydrogen (secondary N) is 1. The fraction of sp³-hybridized carbons (Fsp3) is 0.368. The van der Waals surface area contributed by atoms with Gasteiger partial charge in [-0.3, -0.25) is 10.3 Å². The Bertz CT molecular complexity index is 802. The minimum Gasteiger partial charge on any atom is -0.370 e. The van der Waals surface area contributed by atoms with E-state index in [9.17, 15) is 13.2 Å². The lowest BCUT2D eigenvalue weighted by atomic mass is 10.1. The molecule has 9 heteroatoms. The van der Waals surface area contributed by atoms with Crippen molar-refractivity contribution in [2.24, 2.45) is 5.73 Å². The number of thioether (sulfide) groups is 1. The Morgan fingerprint density at radius 2 is 1.79 bits per heavy atom. The van der Waals surface area contributed by atoms with Crippen molar-refractivity contribution < 1.29 is 13.2 Å². The Kier molecular flexibility index (Phi) is 6.46. The van der Waals surface area contributed by atoms with Crippen molar-refractivity contribution in [3.05, 3.63) is 59.3 Å². The van der Waals surface area contributed by atoms with Crippen LogP contribution in [0.1, 0.15) is 16.7 Å². The number of pyridine rings is 1. The summed E-state index contributed by atoms with van der Waals surface area (Å²) in [5, 5.41) is 8.39. The number of piperazine rings is 1. The molecule has 0 spiro atoms. The van der Waals surface area contributed by atoms with Gasteiger partial charge in [0.1, 0.15) is 5.03 Å². The third-order valence-electron chi connectivity index (χ3n) is 4.61. The van der Waals surface area contributed by atoms with Crippen LogP contribution in [0.25, 0.3) is 0 Å². The van der Waals surface area contributed by atoms with E-state index in [1.165, 1.54) is 23.9 Å². The van der Waals surface area contributed by atoms with E-state index < -0.39 is 11.7 Å². The quantitative estimate of drug-likeness (QED) is 0.450. The first-order chi connectivity index (χ1) is 13.3. The number of benzene rings is 1. The molecule has 1 fully saturated rings. The fourth-order valence-electron chi connectivity index (χ4n) is 3.00. The summed E-state index contributed by atoms with van der Waals surface area (Å²) < 4.78 is 38.0. The molecule has 0 bridgehead atoms. The molecule has 150 valence electrons. The first kappa shape index (κ1) is 20.5. The summed E-state index contributed by atoms with van der Waals surface area (Å²) in [5.41, 5.74) is 6.81. The molecular formula is C19H22F3N5S. The zero-order valence-electron chi connectivity index (χ0n) is 15.2. The average molecular weight is 409 g/mol. The lowest BCUT2D eigenvalue weighted by Gasteiger charge is -2.35. The molecular weight excluding hydrogens is 387 g/mol. The molecule has 2 aromatic rings. The van der Waals surface area contributed by atoms with Gasteiger partial charge in [0.25, 0.3) is 0 Å². The SMILES string of the molecule is N=C(N)N1CCN(Cc2cccnc2SCc2ccc(C(F)(F)F)cc2)CC1. The molecule has 1 aliphatic rings. The van der Waals surface area contributed by atoms with E-state index >= 15 is 0 Å². The number of hydrogen-bond donors (Lipinski definition) is 2. The average Bonchev–Trinajstić information content (AvgIpc) is 2.67. The first-order valence-corrected chi connectivity index (χ1v) is 9.85. The maximum Gasteiger partial charge on any atom is 0.416 e. The number of guanidine groups is 1. The van der Waals surface area contributed by atoms with Crippen LogP contribution in [0.3, 0.4) is 0 Å². The van der Waals surface area contributed by atoms with Crippen molar-refractivity contribution in [3.8, 4) is 0 Å². The Morgan fingerprint density at radius 1 is 1.11 bits per heavy atom. The molecule has 2 heterocycles. The van der Waals surface area contributed by atoms with E-state index in [1.807, 2.05) is 17.0 Å². The van der Waals surface area contributed by atoms with Gasteiger partial charge in [-0.15, -0.1) is 11.8 Å². The molecule has 5 nitrogen and oxygen atoms in total. The van der Waals surface area contributed by atoms with Crippen molar-refractivity contribution >= 4 is 17.7 Å². The maximum atomic E-state index is 12.7. The highest BCUT2D eigenvalue weighted by Crippen LogP contribution is 2.30. The Hall–Kier alpha value is -2.26. The molecule has 0 radical (unpaired) electrons.